The van der Waals surface area contributed by atoms with E-state index in [1.165, 1.54) is 6.07 Å². The van der Waals surface area contributed by atoms with E-state index in [4.69, 9.17) is 5.11 Å². The van der Waals surface area contributed by atoms with E-state index in [0.29, 0.717) is 16.7 Å². The predicted molar refractivity (Wildman–Crippen MR) is 76.0 cm³/mol. The molecule has 0 heterocycles. The number of ether oxygens (including phenoxy) is 2. The number of halogens is 5. The molecule has 0 radical (unpaired) electrons. The fourth-order valence-electron chi connectivity index (χ4n) is 1.97. The van der Waals surface area contributed by atoms with Crippen LogP contribution in [-0.4, -0.2) is 24.5 Å². The molecule has 0 fully saturated rings. The number of hydrogen-bond acceptors (Lipinski definition) is 3. The minimum atomic E-state index is -4.98. The summed E-state index contributed by atoms with van der Waals surface area (Å²) in [4.78, 5) is 0. The van der Waals surface area contributed by atoms with Gasteiger partial charge in [0.25, 0.3) is 6.43 Å². The first-order chi connectivity index (χ1) is 11.3. The van der Waals surface area contributed by atoms with Gasteiger partial charge >= 0.3 is 6.36 Å². The molecule has 130 valence electrons. The molecule has 0 saturated carbocycles. The highest BCUT2D eigenvalue weighted by molar-refractivity contribution is 5.67. The van der Waals surface area contributed by atoms with E-state index in [2.05, 4.69) is 9.47 Å². The summed E-state index contributed by atoms with van der Waals surface area (Å²) in [5, 5.41) is 8.99. The molecule has 0 saturated heterocycles. The van der Waals surface area contributed by atoms with Crippen LogP contribution in [0.25, 0.3) is 11.1 Å². The molecule has 2 aromatic rings. The van der Waals surface area contributed by atoms with Gasteiger partial charge in [-0.25, -0.2) is 8.78 Å². The Labute approximate surface area is 134 Å². The summed E-state index contributed by atoms with van der Waals surface area (Å²) < 4.78 is 70.4. The minimum Gasteiger partial charge on any atom is -0.484 e. The van der Waals surface area contributed by atoms with Gasteiger partial charge in [0.15, 0.2) is 11.5 Å². The molecule has 0 bridgehead atoms. The van der Waals surface area contributed by atoms with Crippen molar-refractivity contribution < 1.29 is 36.5 Å². The SMILES string of the molecule is OCc1ccc(-c2ccc(OCC(F)F)c(OC(F)(F)F)c2)cc1. The molecule has 0 aliphatic rings. The molecule has 24 heavy (non-hydrogen) atoms. The van der Waals surface area contributed by atoms with Crippen molar-refractivity contribution in [2.24, 2.45) is 0 Å². The maximum atomic E-state index is 12.5. The highest BCUT2D eigenvalue weighted by Crippen LogP contribution is 2.36. The summed E-state index contributed by atoms with van der Waals surface area (Å²) in [6.07, 6.45) is -7.81. The lowest BCUT2D eigenvalue weighted by Gasteiger charge is -2.15. The fraction of sp³-hybridized carbons (Fsp3) is 0.250. The molecule has 0 amide bonds. The van der Waals surface area contributed by atoms with Gasteiger partial charge in [-0.05, 0) is 28.8 Å². The quantitative estimate of drug-likeness (QED) is 0.787. The summed E-state index contributed by atoms with van der Waals surface area (Å²) in [5.41, 5.74) is 1.59. The predicted octanol–water partition coefficient (Wildman–Crippen LogP) is 4.39. The maximum Gasteiger partial charge on any atom is 0.573 e. The number of benzene rings is 2. The number of rotatable bonds is 6. The lowest BCUT2D eigenvalue weighted by atomic mass is 10.0. The lowest BCUT2D eigenvalue weighted by molar-refractivity contribution is -0.275. The van der Waals surface area contributed by atoms with E-state index >= 15 is 0 Å². The van der Waals surface area contributed by atoms with E-state index in [0.717, 1.165) is 12.1 Å². The molecule has 0 unspecified atom stereocenters. The molecule has 8 heteroatoms. The number of alkyl halides is 5. The molecule has 1 N–H and O–H groups in total. The molecular weight excluding hydrogens is 335 g/mol. The lowest BCUT2D eigenvalue weighted by Crippen LogP contribution is -2.18. The molecule has 2 aromatic carbocycles. The van der Waals surface area contributed by atoms with Gasteiger partial charge in [0.05, 0.1) is 6.61 Å². The van der Waals surface area contributed by atoms with Crippen LogP contribution < -0.4 is 9.47 Å². The van der Waals surface area contributed by atoms with Crippen molar-refractivity contribution in [1.82, 2.24) is 0 Å². The number of aliphatic hydroxyl groups is 1. The summed E-state index contributed by atoms with van der Waals surface area (Å²) in [7, 11) is 0. The van der Waals surface area contributed by atoms with Crippen LogP contribution in [0.4, 0.5) is 22.0 Å². The minimum absolute atomic E-state index is 0.164. The first-order valence-electron chi connectivity index (χ1n) is 6.79. The monoisotopic (exact) mass is 348 g/mol. The third kappa shape index (κ3) is 5.09. The first-order valence-corrected chi connectivity index (χ1v) is 6.79. The van der Waals surface area contributed by atoms with Gasteiger partial charge < -0.3 is 14.6 Å². The van der Waals surface area contributed by atoms with Gasteiger partial charge in [-0.2, -0.15) is 0 Å². The van der Waals surface area contributed by atoms with E-state index in [-0.39, 0.29) is 6.61 Å². The molecule has 0 aromatic heterocycles. The Hall–Kier alpha value is -2.35. The van der Waals surface area contributed by atoms with Gasteiger partial charge in [0.1, 0.15) is 6.61 Å². The second-order valence-electron chi connectivity index (χ2n) is 4.77. The topological polar surface area (TPSA) is 38.7 Å². The highest BCUT2D eigenvalue weighted by Gasteiger charge is 2.32. The summed E-state index contributed by atoms with van der Waals surface area (Å²) >= 11 is 0. The van der Waals surface area contributed by atoms with Crippen LogP contribution in [0, 0.1) is 0 Å². The van der Waals surface area contributed by atoms with Crippen LogP contribution in [0.5, 0.6) is 11.5 Å². The molecule has 2 rings (SSSR count). The van der Waals surface area contributed by atoms with Gasteiger partial charge in [-0.1, -0.05) is 30.3 Å². The van der Waals surface area contributed by atoms with Gasteiger partial charge in [-0.15, -0.1) is 13.2 Å². The zero-order chi connectivity index (χ0) is 17.7. The summed E-state index contributed by atoms with van der Waals surface area (Å²) in [6.45, 7) is -1.21. The average molecular weight is 348 g/mol. The van der Waals surface area contributed by atoms with Crippen molar-refractivity contribution in [2.75, 3.05) is 6.61 Å². The third-order valence-electron chi connectivity index (χ3n) is 3.00. The van der Waals surface area contributed by atoms with E-state index in [1.54, 1.807) is 24.3 Å². The number of hydrogen-bond donors (Lipinski definition) is 1. The van der Waals surface area contributed by atoms with Crippen LogP contribution in [0.2, 0.25) is 0 Å². The molecule has 0 spiro atoms. The van der Waals surface area contributed by atoms with E-state index < -0.39 is 30.9 Å². The van der Waals surface area contributed by atoms with Crippen LogP contribution in [0.3, 0.4) is 0 Å². The van der Waals surface area contributed by atoms with Crippen molar-refractivity contribution >= 4 is 0 Å². The summed E-state index contributed by atoms with van der Waals surface area (Å²) in [5.74, 6) is -1.13. The third-order valence-corrected chi connectivity index (χ3v) is 3.00. The molecule has 0 aliphatic carbocycles. The standard InChI is InChI=1S/C16H13F5O3/c17-15(18)9-23-13-6-5-12(7-14(13)24-16(19,20)21)11-3-1-10(8-22)2-4-11/h1-7,15,22H,8-9H2. The largest absolute Gasteiger partial charge is 0.573 e. The zero-order valence-electron chi connectivity index (χ0n) is 12.2. The van der Waals surface area contributed by atoms with E-state index in [9.17, 15) is 22.0 Å². The second kappa shape index (κ2) is 7.48. The maximum absolute atomic E-state index is 12.5. The summed E-state index contributed by atoms with van der Waals surface area (Å²) in [6, 6.07) is 10.1. The van der Waals surface area contributed by atoms with Crippen molar-refractivity contribution in [1.29, 1.82) is 0 Å². The van der Waals surface area contributed by atoms with Crippen molar-refractivity contribution in [3.05, 3.63) is 48.0 Å². The Morgan fingerprint density at radius 3 is 2.08 bits per heavy atom. The molecular formula is C16H13F5O3. The van der Waals surface area contributed by atoms with Crippen LogP contribution in [-0.2, 0) is 6.61 Å². The van der Waals surface area contributed by atoms with Crippen LogP contribution >= 0.6 is 0 Å². The van der Waals surface area contributed by atoms with Crippen molar-refractivity contribution in [3.63, 3.8) is 0 Å². The molecule has 0 atom stereocenters. The van der Waals surface area contributed by atoms with E-state index in [1.807, 2.05) is 0 Å². The van der Waals surface area contributed by atoms with Crippen molar-refractivity contribution in [2.45, 2.75) is 19.4 Å². The molecule has 0 aliphatic heterocycles. The Bertz CT molecular complexity index is 668. The smallest absolute Gasteiger partial charge is 0.484 e. The Morgan fingerprint density at radius 1 is 0.917 bits per heavy atom. The Balaban J connectivity index is 2.34. The first kappa shape index (κ1) is 18.0. The zero-order valence-corrected chi connectivity index (χ0v) is 12.2. The molecule has 3 nitrogen and oxygen atoms in total. The second-order valence-corrected chi connectivity index (χ2v) is 4.77. The Morgan fingerprint density at radius 2 is 1.54 bits per heavy atom. The van der Waals surface area contributed by atoms with Gasteiger partial charge in [-0.3, -0.25) is 0 Å². The number of aliphatic hydroxyl groups excluding tert-OH is 1. The van der Waals surface area contributed by atoms with Gasteiger partial charge in [0.2, 0.25) is 0 Å². The highest BCUT2D eigenvalue weighted by atomic mass is 19.4. The average Bonchev–Trinajstić information content (AvgIpc) is 2.52. The van der Waals surface area contributed by atoms with Crippen LogP contribution in [0.15, 0.2) is 42.5 Å². The normalized spacial score (nSPS) is 11.6. The fourth-order valence-corrected chi connectivity index (χ4v) is 1.97. The van der Waals surface area contributed by atoms with Crippen molar-refractivity contribution in [3.8, 4) is 22.6 Å². The van der Waals surface area contributed by atoms with Gasteiger partial charge in [0, 0.05) is 0 Å². The van der Waals surface area contributed by atoms with Crippen LogP contribution in [0.1, 0.15) is 5.56 Å². The Kier molecular flexibility index (Phi) is 5.61.